The van der Waals surface area contributed by atoms with Crippen LogP contribution in [0.1, 0.15) is 102 Å². The summed E-state index contributed by atoms with van der Waals surface area (Å²) in [4.78, 5) is 47.1. The van der Waals surface area contributed by atoms with Crippen LogP contribution in [0.2, 0.25) is 0 Å². The van der Waals surface area contributed by atoms with Gasteiger partial charge in [-0.3, -0.25) is 4.79 Å². The summed E-state index contributed by atoms with van der Waals surface area (Å²) in [6.45, 7) is 13.4. The van der Waals surface area contributed by atoms with Crippen LogP contribution in [0.25, 0.3) is 5.65 Å². The van der Waals surface area contributed by atoms with E-state index in [4.69, 9.17) is 9.47 Å². The fraction of sp³-hybridized carbons (Fsp3) is 0.571. The standard InChI is InChI=1S/C35H50N6O7S/c1-8-9-10-11-12-21-49(45,46)27-13-14-29-25(22-27)16-19-40(29)31(42)28-23-38-41-26(15-17-36-30(28)41)24-39(33(44)48-35(5,6)7)20-18-37-32(43)47-34(2,3)4/h13-15,17,22-23H,8-12,16,18-21,24H2,1-7H3,(H,37,43). The van der Waals surface area contributed by atoms with Crippen molar-refractivity contribution in [1.29, 1.82) is 0 Å². The molecule has 0 radical (unpaired) electrons. The number of rotatable bonds is 13. The van der Waals surface area contributed by atoms with Crippen LogP contribution in [0.5, 0.6) is 0 Å². The lowest BCUT2D eigenvalue weighted by atomic mass is 10.2. The fourth-order valence-electron chi connectivity index (χ4n) is 5.52. The predicted molar refractivity (Wildman–Crippen MR) is 187 cm³/mol. The van der Waals surface area contributed by atoms with Crippen molar-refractivity contribution in [2.75, 3.05) is 30.3 Å². The molecule has 14 heteroatoms. The Balaban J connectivity index is 1.51. The molecule has 3 aromatic rings. The van der Waals surface area contributed by atoms with Crippen molar-refractivity contribution in [2.24, 2.45) is 0 Å². The average molecular weight is 699 g/mol. The molecule has 4 rings (SSSR count). The molecule has 0 fully saturated rings. The van der Waals surface area contributed by atoms with E-state index in [1.54, 1.807) is 76.9 Å². The highest BCUT2D eigenvalue weighted by Gasteiger charge is 2.30. The van der Waals surface area contributed by atoms with Gasteiger partial charge < -0.3 is 24.6 Å². The molecule has 0 bridgehead atoms. The van der Waals surface area contributed by atoms with Gasteiger partial charge in [0.1, 0.15) is 16.8 Å². The minimum Gasteiger partial charge on any atom is -0.444 e. The first kappa shape index (κ1) is 37.6. The monoisotopic (exact) mass is 698 g/mol. The van der Waals surface area contributed by atoms with Gasteiger partial charge in [0.15, 0.2) is 15.5 Å². The summed E-state index contributed by atoms with van der Waals surface area (Å²) in [5.74, 6) is -0.198. The van der Waals surface area contributed by atoms with Crippen LogP contribution in [0.4, 0.5) is 15.3 Å². The number of unbranched alkanes of at least 4 members (excludes halogenated alkanes) is 4. The summed E-state index contributed by atoms with van der Waals surface area (Å²) in [6.07, 6.45) is 7.10. The largest absolute Gasteiger partial charge is 0.444 e. The first-order valence-corrected chi connectivity index (χ1v) is 18.6. The Kier molecular flexibility index (Phi) is 11.9. The van der Waals surface area contributed by atoms with E-state index in [1.165, 1.54) is 15.6 Å². The molecule has 1 aliphatic rings. The van der Waals surface area contributed by atoms with Gasteiger partial charge in [-0.05, 0) is 84.2 Å². The highest BCUT2D eigenvalue weighted by Crippen LogP contribution is 2.32. The van der Waals surface area contributed by atoms with Gasteiger partial charge in [0, 0.05) is 31.5 Å². The molecule has 0 unspecified atom stereocenters. The van der Waals surface area contributed by atoms with Crippen molar-refractivity contribution in [3.63, 3.8) is 0 Å². The number of carbonyl (C=O) groups excluding carboxylic acids is 3. The lowest BCUT2D eigenvalue weighted by Gasteiger charge is -2.28. The number of alkyl carbamates (subject to hydrolysis) is 1. The van der Waals surface area contributed by atoms with Gasteiger partial charge in [0.05, 0.1) is 29.1 Å². The summed E-state index contributed by atoms with van der Waals surface area (Å²) < 4.78 is 38.5. The molecule has 268 valence electrons. The van der Waals surface area contributed by atoms with Crippen LogP contribution >= 0.6 is 0 Å². The molecule has 0 spiro atoms. The lowest BCUT2D eigenvalue weighted by Crippen LogP contribution is -2.42. The van der Waals surface area contributed by atoms with Crippen molar-refractivity contribution in [3.05, 3.63) is 53.5 Å². The van der Waals surface area contributed by atoms with E-state index in [2.05, 4.69) is 22.3 Å². The fourth-order valence-corrected chi connectivity index (χ4v) is 6.93. The number of fused-ring (bicyclic) bond motifs is 2. The molecule has 2 aromatic heterocycles. The van der Waals surface area contributed by atoms with Crippen molar-refractivity contribution in [2.45, 2.75) is 110 Å². The molecule has 1 N–H and O–H groups in total. The third-order valence-corrected chi connectivity index (χ3v) is 9.63. The second-order valence-corrected chi connectivity index (χ2v) is 16.4. The van der Waals surface area contributed by atoms with Crippen LogP contribution in [-0.4, -0.2) is 82.6 Å². The molecular weight excluding hydrogens is 648 g/mol. The maximum absolute atomic E-state index is 13.9. The van der Waals surface area contributed by atoms with Gasteiger partial charge >= 0.3 is 12.2 Å². The number of hydrogen-bond acceptors (Lipinski definition) is 9. The number of ether oxygens (including phenoxy) is 2. The third-order valence-electron chi connectivity index (χ3n) is 7.83. The zero-order valence-corrected chi connectivity index (χ0v) is 30.6. The first-order valence-electron chi connectivity index (χ1n) is 16.9. The van der Waals surface area contributed by atoms with Crippen molar-refractivity contribution < 1.29 is 32.3 Å². The zero-order valence-electron chi connectivity index (χ0n) is 29.7. The molecule has 0 atom stereocenters. The number of aromatic nitrogens is 3. The number of benzene rings is 1. The number of hydrogen-bond donors (Lipinski definition) is 1. The second kappa shape index (κ2) is 15.6. The summed E-state index contributed by atoms with van der Waals surface area (Å²) in [6, 6.07) is 6.68. The smallest absolute Gasteiger partial charge is 0.410 e. The highest BCUT2D eigenvalue weighted by atomic mass is 32.2. The third kappa shape index (κ3) is 10.2. The van der Waals surface area contributed by atoms with E-state index >= 15 is 0 Å². The topological polar surface area (TPSA) is 153 Å². The van der Waals surface area contributed by atoms with Crippen LogP contribution in [0.15, 0.2) is 41.6 Å². The minimum absolute atomic E-state index is 0.0572. The molecule has 0 saturated heterocycles. The van der Waals surface area contributed by atoms with Crippen molar-refractivity contribution in [1.82, 2.24) is 24.8 Å². The Morgan fingerprint density at radius 1 is 0.980 bits per heavy atom. The Hall–Kier alpha value is -4.20. The molecule has 1 aliphatic heterocycles. The second-order valence-electron chi connectivity index (χ2n) is 14.3. The maximum Gasteiger partial charge on any atom is 0.410 e. The summed E-state index contributed by atoms with van der Waals surface area (Å²) in [5.41, 5.74) is 1.20. The quantitative estimate of drug-likeness (QED) is 0.214. The average Bonchev–Trinajstić information content (AvgIpc) is 3.63. The maximum atomic E-state index is 13.9. The molecule has 13 nitrogen and oxygen atoms in total. The zero-order chi connectivity index (χ0) is 36.0. The van der Waals surface area contributed by atoms with Crippen LogP contribution in [0, 0.1) is 0 Å². The molecule has 3 heterocycles. The summed E-state index contributed by atoms with van der Waals surface area (Å²) in [7, 11) is -3.42. The van der Waals surface area contributed by atoms with E-state index in [-0.39, 0.29) is 41.8 Å². The minimum atomic E-state index is -3.42. The first-order chi connectivity index (χ1) is 23.0. The van der Waals surface area contributed by atoms with Crippen LogP contribution in [0.3, 0.4) is 0 Å². The Labute approximate surface area is 289 Å². The van der Waals surface area contributed by atoms with Gasteiger partial charge in [-0.15, -0.1) is 0 Å². The van der Waals surface area contributed by atoms with Gasteiger partial charge in [-0.1, -0.05) is 32.6 Å². The lowest BCUT2D eigenvalue weighted by molar-refractivity contribution is 0.0221. The molecular formula is C35H50N6O7S. The van der Waals surface area contributed by atoms with Crippen LogP contribution in [-0.2, 0) is 32.3 Å². The summed E-state index contributed by atoms with van der Waals surface area (Å²) >= 11 is 0. The molecule has 3 amide bonds. The number of carbonyl (C=O) groups is 3. The van der Waals surface area contributed by atoms with E-state index in [0.29, 0.717) is 36.4 Å². The van der Waals surface area contributed by atoms with Crippen molar-refractivity contribution >= 4 is 39.3 Å². The highest BCUT2D eigenvalue weighted by molar-refractivity contribution is 7.91. The number of sulfone groups is 1. The SMILES string of the molecule is CCCCCCCS(=O)(=O)c1ccc2c(c1)CCN2C(=O)c1cnn2c(CN(CCNC(=O)OC(C)(C)C)C(=O)OC(C)(C)C)ccnc12. The normalized spacial score (nSPS) is 13.3. The molecule has 0 saturated carbocycles. The Bertz CT molecular complexity index is 1760. The van der Waals surface area contributed by atoms with E-state index in [9.17, 15) is 22.8 Å². The molecule has 1 aromatic carbocycles. The van der Waals surface area contributed by atoms with Gasteiger partial charge in [-0.2, -0.15) is 5.10 Å². The van der Waals surface area contributed by atoms with Gasteiger partial charge in [0.2, 0.25) is 0 Å². The Morgan fingerprint density at radius 3 is 2.39 bits per heavy atom. The number of nitrogens with one attached hydrogen (secondary N) is 1. The van der Waals surface area contributed by atoms with Crippen LogP contribution < -0.4 is 10.2 Å². The number of anilines is 1. The van der Waals surface area contributed by atoms with Gasteiger partial charge in [0.25, 0.3) is 5.91 Å². The number of nitrogens with zero attached hydrogens (tertiary/aromatic N) is 5. The Morgan fingerprint density at radius 2 is 1.69 bits per heavy atom. The molecule has 49 heavy (non-hydrogen) atoms. The molecule has 0 aliphatic carbocycles. The number of amides is 3. The van der Waals surface area contributed by atoms with Crippen molar-refractivity contribution in [3.8, 4) is 0 Å². The van der Waals surface area contributed by atoms with E-state index < -0.39 is 33.2 Å². The van der Waals surface area contributed by atoms with E-state index in [1.807, 2.05) is 0 Å². The van der Waals surface area contributed by atoms with Gasteiger partial charge in [-0.25, -0.2) is 27.5 Å². The predicted octanol–water partition coefficient (Wildman–Crippen LogP) is 5.94. The summed E-state index contributed by atoms with van der Waals surface area (Å²) in [5, 5.41) is 7.12. The van der Waals surface area contributed by atoms with E-state index in [0.717, 1.165) is 31.2 Å².